The number of pyridine rings is 1. The van der Waals surface area contributed by atoms with Crippen LogP contribution in [0.4, 0.5) is 5.82 Å². The molecule has 0 fully saturated rings. The first-order chi connectivity index (χ1) is 6.86. The number of rotatable bonds is 2. The summed E-state index contributed by atoms with van der Waals surface area (Å²) in [6.45, 7) is 6.33. The van der Waals surface area contributed by atoms with Crippen molar-refractivity contribution in [3.63, 3.8) is 0 Å². The van der Waals surface area contributed by atoms with Gasteiger partial charge < -0.3 is 4.90 Å². The molecule has 0 aliphatic heterocycles. The standard InChI is InChI=1S/C11H16Cl2N2/c1-11(2,3)15(4)10-9(13)5-8(6-12)7-14-10/h5,7H,6H2,1-4H3. The highest BCUT2D eigenvalue weighted by atomic mass is 35.5. The first-order valence-corrected chi connectivity index (χ1v) is 5.71. The van der Waals surface area contributed by atoms with Crippen molar-refractivity contribution in [3.05, 3.63) is 22.8 Å². The molecule has 4 heteroatoms. The Morgan fingerprint density at radius 1 is 1.40 bits per heavy atom. The fourth-order valence-corrected chi connectivity index (χ4v) is 1.57. The van der Waals surface area contributed by atoms with Crippen LogP contribution in [0.3, 0.4) is 0 Å². The van der Waals surface area contributed by atoms with Crippen LogP contribution in [-0.4, -0.2) is 17.6 Å². The van der Waals surface area contributed by atoms with Gasteiger partial charge in [0.25, 0.3) is 0 Å². The van der Waals surface area contributed by atoms with Gasteiger partial charge in [-0.2, -0.15) is 0 Å². The van der Waals surface area contributed by atoms with Crippen LogP contribution in [0.25, 0.3) is 0 Å². The Kier molecular flexibility index (Phi) is 3.85. The lowest BCUT2D eigenvalue weighted by atomic mass is 10.1. The molecular weight excluding hydrogens is 231 g/mol. The summed E-state index contributed by atoms with van der Waals surface area (Å²) in [5, 5.41) is 0.644. The highest BCUT2D eigenvalue weighted by Gasteiger charge is 2.20. The van der Waals surface area contributed by atoms with Gasteiger partial charge in [-0.3, -0.25) is 0 Å². The molecule has 0 saturated carbocycles. The number of anilines is 1. The molecule has 0 saturated heterocycles. The molecule has 1 rings (SSSR count). The van der Waals surface area contributed by atoms with Gasteiger partial charge in [0, 0.05) is 24.7 Å². The largest absolute Gasteiger partial charge is 0.354 e. The van der Waals surface area contributed by atoms with E-state index in [4.69, 9.17) is 23.2 Å². The molecular formula is C11H16Cl2N2. The molecule has 2 nitrogen and oxygen atoms in total. The predicted molar refractivity (Wildman–Crippen MR) is 67.0 cm³/mol. The molecule has 0 spiro atoms. The first kappa shape index (κ1) is 12.6. The summed E-state index contributed by atoms with van der Waals surface area (Å²) >= 11 is 11.9. The van der Waals surface area contributed by atoms with Crippen LogP contribution < -0.4 is 4.90 Å². The SMILES string of the molecule is CN(c1ncc(CCl)cc1Cl)C(C)(C)C. The summed E-state index contributed by atoms with van der Waals surface area (Å²) in [7, 11) is 1.98. The van der Waals surface area contributed by atoms with Crippen LogP contribution >= 0.6 is 23.2 Å². The zero-order valence-electron chi connectivity index (χ0n) is 9.51. The molecule has 1 heterocycles. The Morgan fingerprint density at radius 2 is 2.00 bits per heavy atom. The second-order valence-electron chi connectivity index (χ2n) is 4.51. The van der Waals surface area contributed by atoms with Gasteiger partial charge in [0.1, 0.15) is 5.82 Å². The number of halogens is 2. The predicted octanol–water partition coefficient (Wildman–Crippen LogP) is 3.71. The summed E-state index contributed by atoms with van der Waals surface area (Å²) < 4.78 is 0. The molecule has 0 bridgehead atoms. The summed E-state index contributed by atoms with van der Waals surface area (Å²) in [4.78, 5) is 6.37. The van der Waals surface area contributed by atoms with Crippen LogP contribution in [0.2, 0.25) is 5.02 Å². The minimum atomic E-state index is -0.000872. The maximum absolute atomic E-state index is 6.15. The first-order valence-electron chi connectivity index (χ1n) is 4.80. The van der Waals surface area contributed by atoms with Crippen molar-refractivity contribution in [1.82, 2.24) is 4.98 Å². The lowest BCUT2D eigenvalue weighted by molar-refractivity contribution is 0.534. The quantitative estimate of drug-likeness (QED) is 0.740. The van der Waals surface area contributed by atoms with Crippen molar-refractivity contribution < 1.29 is 0 Å². The minimum Gasteiger partial charge on any atom is -0.354 e. The van der Waals surface area contributed by atoms with Crippen LogP contribution in [-0.2, 0) is 5.88 Å². The normalized spacial score (nSPS) is 11.6. The summed E-state index contributed by atoms with van der Waals surface area (Å²) in [5.41, 5.74) is 0.937. The lowest BCUT2D eigenvalue weighted by Crippen LogP contribution is -2.38. The molecule has 15 heavy (non-hydrogen) atoms. The van der Waals surface area contributed by atoms with Crippen LogP contribution in [0, 0.1) is 0 Å². The fraction of sp³-hybridized carbons (Fsp3) is 0.545. The molecule has 0 N–H and O–H groups in total. The monoisotopic (exact) mass is 246 g/mol. The van der Waals surface area contributed by atoms with E-state index in [1.165, 1.54) is 0 Å². The van der Waals surface area contributed by atoms with E-state index >= 15 is 0 Å². The zero-order valence-corrected chi connectivity index (χ0v) is 11.0. The molecule has 84 valence electrons. The third kappa shape index (κ3) is 2.99. The highest BCUT2D eigenvalue weighted by molar-refractivity contribution is 6.33. The van der Waals surface area contributed by atoms with Crippen LogP contribution in [0.5, 0.6) is 0 Å². The second-order valence-corrected chi connectivity index (χ2v) is 5.19. The zero-order chi connectivity index (χ0) is 11.6. The number of hydrogen-bond donors (Lipinski definition) is 0. The van der Waals surface area contributed by atoms with Gasteiger partial charge in [0.05, 0.1) is 5.02 Å². The summed E-state index contributed by atoms with van der Waals surface area (Å²) in [5.74, 6) is 1.23. The van der Waals surface area contributed by atoms with Crippen molar-refractivity contribution in [2.24, 2.45) is 0 Å². The number of alkyl halides is 1. The fourth-order valence-electron chi connectivity index (χ4n) is 1.11. The molecule has 0 atom stereocenters. The summed E-state index contributed by atoms with van der Waals surface area (Å²) in [6, 6.07) is 1.86. The Bertz CT molecular complexity index is 345. The third-order valence-electron chi connectivity index (χ3n) is 2.36. The van der Waals surface area contributed by atoms with Crippen molar-refractivity contribution in [2.45, 2.75) is 32.2 Å². The van der Waals surface area contributed by atoms with E-state index in [0.29, 0.717) is 10.9 Å². The Hall–Kier alpha value is -0.470. The van der Waals surface area contributed by atoms with Gasteiger partial charge in [0.15, 0.2) is 0 Å². The molecule has 1 aromatic rings. The molecule has 0 unspecified atom stereocenters. The van der Waals surface area contributed by atoms with Crippen molar-refractivity contribution in [1.29, 1.82) is 0 Å². The van der Waals surface area contributed by atoms with Gasteiger partial charge >= 0.3 is 0 Å². The van der Waals surface area contributed by atoms with Gasteiger partial charge in [-0.25, -0.2) is 4.98 Å². The number of nitrogens with zero attached hydrogens (tertiary/aromatic N) is 2. The smallest absolute Gasteiger partial charge is 0.147 e. The highest BCUT2D eigenvalue weighted by Crippen LogP contribution is 2.28. The van der Waals surface area contributed by atoms with E-state index in [9.17, 15) is 0 Å². The molecule has 0 amide bonds. The molecule has 1 aromatic heterocycles. The van der Waals surface area contributed by atoms with E-state index < -0.39 is 0 Å². The van der Waals surface area contributed by atoms with Crippen molar-refractivity contribution >= 4 is 29.0 Å². The second kappa shape index (κ2) is 4.58. The topological polar surface area (TPSA) is 16.1 Å². The molecule has 0 radical (unpaired) electrons. The number of hydrogen-bond acceptors (Lipinski definition) is 2. The Morgan fingerprint density at radius 3 is 2.40 bits per heavy atom. The van der Waals surface area contributed by atoms with Gasteiger partial charge in [-0.1, -0.05) is 11.6 Å². The van der Waals surface area contributed by atoms with Crippen LogP contribution in [0.1, 0.15) is 26.3 Å². The van der Waals surface area contributed by atoms with E-state index in [0.717, 1.165) is 11.4 Å². The van der Waals surface area contributed by atoms with Gasteiger partial charge in [-0.15, -0.1) is 11.6 Å². The summed E-state index contributed by atoms with van der Waals surface area (Å²) in [6.07, 6.45) is 1.76. The van der Waals surface area contributed by atoms with E-state index in [1.807, 2.05) is 18.0 Å². The average Bonchev–Trinajstić information content (AvgIpc) is 2.15. The third-order valence-corrected chi connectivity index (χ3v) is 2.94. The molecule has 0 aliphatic carbocycles. The average molecular weight is 247 g/mol. The molecule has 0 aromatic carbocycles. The van der Waals surface area contributed by atoms with E-state index in [-0.39, 0.29) is 5.54 Å². The minimum absolute atomic E-state index is 0.000872. The van der Waals surface area contributed by atoms with E-state index in [2.05, 4.69) is 25.8 Å². The molecule has 0 aliphatic rings. The maximum atomic E-state index is 6.15. The number of aromatic nitrogens is 1. The van der Waals surface area contributed by atoms with Crippen molar-refractivity contribution in [3.8, 4) is 0 Å². The Labute approximate surface area is 101 Å². The van der Waals surface area contributed by atoms with E-state index in [1.54, 1.807) is 6.20 Å². The lowest BCUT2D eigenvalue weighted by Gasteiger charge is -2.33. The maximum Gasteiger partial charge on any atom is 0.147 e. The van der Waals surface area contributed by atoms with Gasteiger partial charge in [0.2, 0.25) is 0 Å². The Balaban J connectivity index is 3.06. The van der Waals surface area contributed by atoms with Gasteiger partial charge in [-0.05, 0) is 32.4 Å². The van der Waals surface area contributed by atoms with Crippen LogP contribution in [0.15, 0.2) is 12.3 Å². The van der Waals surface area contributed by atoms with Crippen molar-refractivity contribution in [2.75, 3.05) is 11.9 Å².